The van der Waals surface area contributed by atoms with Gasteiger partial charge in [0, 0.05) is 16.9 Å². The zero-order valence-corrected chi connectivity index (χ0v) is 12.8. The SMILES string of the molecule is CC(CBr)C(C)NC(=O)c1cccc2ccccc12. The van der Waals surface area contributed by atoms with Crippen molar-refractivity contribution >= 4 is 32.6 Å². The number of benzene rings is 2. The first-order chi connectivity index (χ1) is 9.13. The summed E-state index contributed by atoms with van der Waals surface area (Å²) in [4.78, 5) is 12.4. The summed E-state index contributed by atoms with van der Waals surface area (Å²) in [5.74, 6) is 0.399. The van der Waals surface area contributed by atoms with E-state index in [1.165, 1.54) is 0 Å². The molecule has 0 spiro atoms. The van der Waals surface area contributed by atoms with Gasteiger partial charge in [0.1, 0.15) is 0 Å². The van der Waals surface area contributed by atoms with Crippen LogP contribution in [-0.2, 0) is 0 Å². The van der Waals surface area contributed by atoms with Crippen LogP contribution >= 0.6 is 15.9 Å². The Bertz CT molecular complexity index is 576. The van der Waals surface area contributed by atoms with Gasteiger partial charge in [0.15, 0.2) is 0 Å². The van der Waals surface area contributed by atoms with Crippen LogP contribution in [0.25, 0.3) is 10.8 Å². The molecule has 0 aliphatic rings. The lowest BCUT2D eigenvalue weighted by Crippen LogP contribution is -2.37. The van der Waals surface area contributed by atoms with Gasteiger partial charge in [-0.3, -0.25) is 4.79 Å². The summed E-state index contributed by atoms with van der Waals surface area (Å²) in [5, 5.41) is 6.04. The second kappa shape index (κ2) is 6.20. The molecule has 0 bridgehead atoms. The average molecular weight is 320 g/mol. The predicted molar refractivity (Wildman–Crippen MR) is 83.8 cm³/mol. The van der Waals surface area contributed by atoms with Crippen molar-refractivity contribution in [2.24, 2.45) is 5.92 Å². The molecule has 2 aromatic rings. The lowest BCUT2D eigenvalue weighted by molar-refractivity contribution is 0.0933. The molecule has 0 radical (unpaired) electrons. The molecule has 1 N–H and O–H groups in total. The minimum atomic E-state index is -0.00269. The topological polar surface area (TPSA) is 29.1 Å². The van der Waals surface area contributed by atoms with E-state index in [4.69, 9.17) is 0 Å². The molecule has 0 heterocycles. The second-order valence-electron chi connectivity index (χ2n) is 4.92. The number of halogens is 1. The molecular weight excluding hydrogens is 302 g/mol. The van der Waals surface area contributed by atoms with Crippen LogP contribution in [0, 0.1) is 5.92 Å². The van der Waals surface area contributed by atoms with Crippen LogP contribution in [0.15, 0.2) is 42.5 Å². The summed E-state index contributed by atoms with van der Waals surface area (Å²) in [6, 6.07) is 13.9. The number of nitrogens with one attached hydrogen (secondary N) is 1. The van der Waals surface area contributed by atoms with Crippen molar-refractivity contribution in [3.63, 3.8) is 0 Å². The number of carbonyl (C=O) groups excluding carboxylic acids is 1. The third-order valence-corrected chi connectivity index (χ3v) is 4.51. The third kappa shape index (κ3) is 3.16. The first kappa shape index (κ1) is 14.1. The van der Waals surface area contributed by atoms with Crippen molar-refractivity contribution in [3.8, 4) is 0 Å². The number of fused-ring (bicyclic) bond motifs is 1. The third-order valence-electron chi connectivity index (χ3n) is 3.49. The summed E-state index contributed by atoms with van der Waals surface area (Å²) in [5.41, 5.74) is 0.742. The maximum absolute atomic E-state index is 12.4. The average Bonchev–Trinajstić information content (AvgIpc) is 2.45. The summed E-state index contributed by atoms with van der Waals surface area (Å²) < 4.78 is 0. The van der Waals surface area contributed by atoms with Gasteiger partial charge in [0.2, 0.25) is 0 Å². The van der Waals surface area contributed by atoms with Gasteiger partial charge in [-0.25, -0.2) is 0 Å². The maximum Gasteiger partial charge on any atom is 0.252 e. The largest absolute Gasteiger partial charge is 0.349 e. The zero-order chi connectivity index (χ0) is 13.8. The van der Waals surface area contributed by atoms with Gasteiger partial charge in [0.05, 0.1) is 0 Å². The molecule has 2 atom stereocenters. The zero-order valence-electron chi connectivity index (χ0n) is 11.2. The highest BCUT2D eigenvalue weighted by molar-refractivity contribution is 9.09. The van der Waals surface area contributed by atoms with Crippen LogP contribution in [0.2, 0.25) is 0 Å². The van der Waals surface area contributed by atoms with Crippen LogP contribution in [0.3, 0.4) is 0 Å². The second-order valence-corrected chi connectivity index (χ2v) is 5.57. The molecule has 2 unspecified atom stereocenters. The highest BCUT2D eigenvalue weighted by atomic mass is 79.9. The van der Waals surface area contributed by atoms with E-state index in [9.17, 15) is 4.79 Å². The molecule has 2 rings (SSSR count). The molecule has 0 saturated heterocycles. The van der Waals surface area contributed by atoms with Crippen LogP contribution in [0.4, 0.5) is 0 Å². The van der Waals surface area contributed by atoms with Crippen molar-refractivity contribution < 1.29 is 4.79 Å². The molecule has 19 heavy (non-hydrogen) atoms. The molecule has 0 aliphatic heterocycles. The van der Waals surface area contributed by atoms with E-state index in [1.807, 2.05) is 49.4 Å². The summed E-state index contributed by atoms with van der Waals surface area (Å²) >= 11 is 3.45. The van der Waals surface area contributed by atoms with Gasteiger partial charge in [-0.2, -0.15) is 0 Å². The standard InChI is InChI=1S/C16H18BrNO/c1-11(10-17)12(2)18-16(19)15-9-5-7-13-6-3-4-8-14(13)15/h3-9,11-12H,10H2,1-2H3,(H,18,19). The molecule has 0 fully saturated rings. The molecule has 0 aromatic heterocycles. The molecule has 2 nitrogen and oxygen atoms in total. The van der Waals surface area contributed by atoms with E-state index >= 15 is 0 Å². The highest BCUT2D eigenvalue weighted by Gasteiger charge is 2.16. The van der Waals surface area contributed by atoms with Crippen LogP contribution in [0.1, 0.15) is 24.2 Å². The Balaban J connectivity index is 2.27. The molecule has 2 aromatic carbocycles. The molecule has 3 heteroatoms. The number of amides is 1. The van der Waals surface area contributed by atoms with E-state index in [1.54, 1.807) is 0 Å². The first-order valence-electron chi connectivity index (χ1n) is 6.48. The van der Waals surface area contributed by atoms with Gasteiger partial charge in [-0.1, -0.05) is 59.3 Å². The van der Waals surface area contributed by atoms with E-state index in [-0.39, 0.29) is 11.9 Å². The Morgan fingerprint density at radius 3 is 2.58 bits per heavy atom. The van der Waals surface area contributed by atoms with Crippen molar-refractivity contribution in [1.82, 2.24) is 5.32 Å². The van der Waals surface area contributed by atoms with Crippen molar-refractivity contribution in [1.29, 1.82) is 0 Å². The van der Waals surface area contributed by atoms with E-state index < -0.39 is 0 Å². The Hall–Kier alpha value is -1.35. The molecule has 0 aliphatic carbocycles. The first-order valence-corrected chi connectivity index (χ1v) is 7.60. The van der Waals surface area contributed by atoms with Gasteiger partial charge in [-0.05, 0) is 29.7 Å². The Kier molecular flexibility index (Phi) is 4.59. The lowest BCUT2D eigenvalue weighted by Gasteiger charge is -2.19. The summed E-state index contributed by atoms with van der Waals surface area (Å²) in [6.45, 7) is 4.15. The molecule has 100 valence electrons. The minimum Gasteiger partial charge on any atom is -0.349 e. The number of hydrogen-bond acceptors (Lipinski definition) is 1. The van der Waals surface area contributed by atoms with E-state index in [2.05, 4.69) is 28.2 Å². The summed E-state index contributed by atoms with van der Waals surface area (Å²) in [6.07, 6.45) is 0. The number of alkyl halides is 1. The maximum atomic E-state index is 12.4. The fourth-order valence-corrected chi connectivity index (χ4v) is 2.54. The molecule has 1 amide bonds. The van der Waals surface area contributed by atoms with Crippen LogP contribution in [0.5, 0.6) is 0 Å². The predicted octanol–water partition coefficient (Wildman–Crippen LogP) is 3.99. The van der Waals surface area contributed by atoms with Gasteiger partial charge >= 0.3 is 0 Å². The van der Waals surface area contributed by atoms with Gasteiger partial charge in [-0.15, -0.1) is 0 Å². The van der Waals surface area contributed by atoms with Crippen molar-refractivity contribution in [2.45, 2.75) is 19.9 Å². The smallest absolute Gasteiger partial charge is 0.252 e. The monoisotopic (exact) mass is 319 g/mol. The van der Waals surface area contributed by atoms with Gasteiger partial charge < -0.3 is 5.32 Å². The van der Waals surface area contributed by atoms with E-state index in [0.717, 1.165) is 21.7 Å². The molecule has 0 saturated carbocycles. The molecular formula is C16H18BrNO. The Morgan fingerprint density at radius 1 is 1.16 bits per heavy atom. The number of carbonyl (C=O) groups is 1. The van der Waals surface area contributed by atoms with Crippen molar-refractivity contribution in [3.05, 3.63) is 48.0 Å². The fraction of sp³-hybridized carbons (Fsp3) is 0.312. The van der Waals surface area contributed by atoms with E-state index in [0.29, 0.717) is 5.92 Å². The Labute approximate surface area is 122 Å². The highest BCUT2D eigenvalue weighted by Crippen LogP contribution is 2.19. The lowest BCUT2D eigenvalue weighted by atomic mass is 10.0. The number of hydrogen-bond donors (Lipinski definition) is 1. The fourth-order valence-electron chi connectivity index (χ4n) is 1.98. The Morgan fingerprint density at radius 2 is 1.84 bits per heavy atom. The van der Waals surface area contributed by atoms with Crippen molar-refractivity contribution in [2.75, 3.05) is 5.33 Å². The van der Waals surface area contributed by atoms with Crippen LogP contribution < -0.4 is 5.32 Å². The minimum absolute atomic E-state index is 0.00269. The van der Waals surface area contributed by atoms with Gasteiger partial charge in [0.25, 0.3) is 5.91 Å². The van der Waals surface area contributed by atoms with Crippen LogP contribution in [-0.4, -0.2) is 17.3 Å². The summed E-state index contributed by atoms with van der Waals surface area (Å²) in [7, 11) is 0. The number of rotatable bonds is 4. The quantitative estimate of drug-likeness (QED) is 0.848. The normalized spacial score (nSPS) is 14.1.